The van der Waals surface area contributed by atoms with Gasteiger partial charge in [0.25, 0.3) is 0 Å². The van der Waals surface area contributed by atoms with E-state index in [1.807, 2.05) is 0 Å². The topological polar surface area (TPSA) is 66.0 Å². The summed E-state index contributed by atoms with van der Waals surface area (Å²) in [4.78, 5) is 4.35. The number of aromatic nitrogens is 3. The number of rotatable bonds is 4. The van der Waals surface area contributed by atoms with Crippen LogP contribution in [0.25, 0.3) is 5.82 Å². The van der Waals surface area contributed by atoms with Gasteiger partial charge in [-0.3, -0.25) is 0 Å². The van der Waals surface area contributed by atoms with Crippen molar-refractivity contribution in [3.63, 3.8) is 0 Å². The fourth-order valence-electron chi connectivity index (χ4n) is 1.59. The largest absolute Gasteiger partial charge is 0.476 e. The minimum absolute atomic E-state index is 0.464. The molecule has 1 saturated carbocycles. The Kier molecular flexibility index (Phi) is 2.83. The zero-order chi connectivity index (χ0) is 12.5. The summed E-state index contributed by atoms with van der Waals surface area (Å²) in [6.07, 6.45) is 5.71. The summed E-state index contributed by atoms with van der Waals surface area (Å²) in [6.45, 7) is 0.681. The molecule has 1 fully saturated rings. The lowest BCUT2D eigenvalue weighted by atomic mass is 10.4. The second-order valence-corrected chi connectivity index (χ2v) is 4.86. The summed E-state index contributed by atoms with van der Waals surface area (Å²) in [5, 5.41) is 4.65. The van der Waals surface area contributed by atoms with Crippen LogP contribution in [-0.4, -0.2) is 21.4 Å². The molecule has 2 N–H and O–H groups in total. The Morgan fingerprint density at radius 1 is 1.44 bits per heavy atom. The van der Waals surface area contributed by atoms with E-state index in [4.69, 9.17) is 22.1 Å². The van der Waals surface area contributed by atoms with Gasteiger partial charge in [0.1, 0.15) is 0 Å². The number of halogens is 1. The molecule has 3 rings (SSSR count). The Bertz CT molecular complexity index is 565. The van der Waals surface area contributed by atoms with Crippen molar-refractivity contribution in [2.45, 2.75) is 12.8 Å². The van der Waals surface area contributed by atoms with E-state index in [0.717, 1.165) is 0 Å². The molecule has 0 unspecified atom stereocenters. The van der Waals surface area contributed by atoms with Gasteiger partial charge in [-0.1, -0.05) is 11.6 Å². The van der Waals surface area contributed by atoms with Gasteiger partial charge in [0, 0.05) is 0 Å². The summed E-state index contributed by atoms with van der Waals surface area (Å²) >= 11 is 5.83. The van der Waals surface area contributed by atoms with Crippen molar-refractivity contribution in [1.82, 2.24) is 14.8 Å². The predicted octanol–water partition coefficient (Wildman–Crippen LogP) is 2.29. The molecule has 18 heavy (non-hydrogen) atoms. The third-order valence-electron chi connectivity index (χ3n) is 2.81. The van der Waals surface area contributed by atoms with Crippen LogP contribution in [0.2, 0.25) is 5.02 Å². The highest BCUT2D eigenvalue weighted by atomic mass is 35.5. The lowest BCUT2D eigenvalue weighted by Crippen LogP contribution is -2.06. The first kappa shape index (κ1) is 11.3. The van der Waals surface area contributed by atoms with Crippen molar-refractivity contribution < 1.29 is 4.74 Å². The Morgan fingerprint density at radius 2 is 2.28 bits per heavy atom. The summed E-state index contributed by atoms with van der Waals surface area (Å²) in [7, 11) is 0. The third-order valence-corrected chi connectivity index (χ3v) is 3.01. The zero-order valence-electron chi connectivity index (χ0n) is 9.71. The van der Waals surface area contributed by atoms with Crippen LogP contribution < -0.4 is 10.5 Å². The Balaban J connectivity index is 1.84. The molecule has 0 aliphatic heterocycles. The molecule has 5 nitrogen and oxygen atoms in total. The van der Waals surface area contributed by atoms with Crippen LogP contribution in [-0.2, 0) is 0 Å². The minimum atomic E-state index is 0.464. The molecule has 94 valence electrons. The average Bonchev–Trinajstić information content (AvgIpc) is 3.09. The number of hydrogen-bond acceptors (Lipinski definition) is 4. The Morgan fingerprint density at radius 3 is 2.94 bits per heavy atom. The van der Waals surface area contributed by atoms with Gasteiger partial charge in [0.15, 0.2) is 5.82 Å². The van der Waals surface area contributed by atoms with Crippen molar-refractivity contribution in [1.29, 1.82) is 0 Å². The van der Waals surface area contributed by atoms with Crippen molar-refractivity contribution >= 4 is 17.3 Å². The van der Waals surface area contributed by atoms with E-state index in [1.165, 1.54) is 12.8 Å². The number of anilines is 1. The fourth-order valence-corrected chi connectivity index (χ4v) is 1.73. The second kappa shape index (κ2) is 4.49. The van der Waals surface area contributed by atoms with Gasteiger partial charge in [0.2, 0.25) is 5.88 Å². The molecule has 0 spiro atoms. The molecule has 0 aromatic carbocycles. The molecule has 0 amide bonds. The maximum absolute atomic E-state index is 5.84. The maximum Gasteiger partial charge on any atom is 0.239 e. The highest BCUT2D eigenvalue weighted by molar-refractivity contribution is 6.30. The molecule has 1 aliphatic carbocycles. The fraction of sp³-hybridized carbons (Fsp3) is 0.333. The normalized spacial score (nSPS) is 14.7. The summed E-state index contributed by atoms with van der Waals surface area (Å²) in [5.41, 5.74) is 6.38. The smallest absolute Gasteiger partial charge is 0.239 e. The van der Waals surface area contributed by atoms with E-state index in [-0.39, 0.29) is 0 Å². The third kappa shape index (κ3) is 2.41. The van der Waals surface area contributed by atoms with E-state index in [0.29, 0.717) is 34.9 Å². The molecular weight excluding hydrogens is 252 g/mol. The van der Waals surface area contributed by atoms with Gasteiger partial charge in [-0.2, -0.15) is 10.1 Å². The second-order valence-electron chi connectivity index (χ2n) is 4.42. The monoisotopic (exact) mass is 264 g/mol. The molecule has 0 radical (unpaired) electrons. The number of hydrogen-bond donors (Lipinski definition) is 1. The Hall–Kier alpha value is -1.75. The number of nitrogens with two attached hydrogens (primary N) is 1. The van der Waals surface area contributed by atoms with E-state index in [2.05, 4.69) is 10.1 Å². The SMILES string of the molecule is Nc1ccc(-n2cc(Cl)cn2)nc1OCC1CC1. The van der Waals surface area contributed by atoms with Crippen LogP contribution >= 0.6 is 11.6 Å². The van der Waals surface area contributed by atoms with Crippen LogP contribution in [0.15, 0.2) is 24.5 Å². The van der Waals surface area contributed by atoms with Crippen molar-refractivity contribution in [2.75, 3.05) is 12.3 Å². The number of pyridine rings is 1. The molecular formula is C12H13ClN4O. The highest BCUT2D eigenvalue weighted by Gasteiger charge is 2.22. The highest BCUT2D eigenvalue weighted by Crippen LogP contribution is 2.30. The van der Waals surface area contributed by atoms with Crippen LogP contribution in [0, 0.1) is 5.92 Å². The first-order valence-corrected chi connectivity index (χ1v) is 6.20. The van der Waals surface area contributed by atoms with Gasteiger partial charge in [0.05, 0.1) is 29.7 Å². The van der Waals surface area contributed by atoms with E-state index in [1.54, 1.807) is 29.2 Å². The van der Waals surface area contributed by atoms with Crippen molar-refractivity contribution in [3.8, 4) is 11.7 Å². The molecule has 1 aliphatic rings. The summed E-state index contributed by atoms with van der Waals surface area (Å²) in [5.74, 6) is 1.77. The first-order valence-electron chi connectivity index (χ1n) is 5.82. The lowest BCUT2D eigenvalue weighted by Gasteiger charge is -2.09. The van der Waals surface area contributed by atoms with Crippen LogP contribution in [0.1, 0.15) is 12.8 Å². The quantitative estimate of drug-likeness (QED) is 0.920. The number of nitrogens with zero attached hydrogens (tertiary/aromatic N) is 3. The van der Waals surface area contributed by atoms with Crippen LogP contribution in [0.5, 0.6) is 5.88 Å². The van der Waals surface area contributed by atoms with Crippen molar-refractivity contribution in [2.24, 2.45) is 5.92 Å². The summed E-state index contributed by atoms with van der Waals surface area (Å²) in [6, 6.07) is 3.54. The van der Waals surface area contributed by atoms with Gasteiger partial charge in [-0.25, -0.2) is 4.68 Å². The minimum Gasteiger partial charge on any atom is -0.476 e. The molecule has 0 atom stereocenters. The van der Waals surface area contributed by atoms with Gasteiger partial charge < -0.3 is 10.5 Å². The molecule has 2 aromatic heterocycles. The van der Waals surface area contributed by atoms with Gasteiger partial charge in [-0.05, 0) is 30.9 Å². The lowest BCUT2D eigenvalue weighted by molar-refractivity contribution is 0.290. The average molecular weight is 265 g/mol. The molecule has 0 saturated heterocycles. The molecule has 0 bridgehead atoms. The Labute approximate surface area is 110 Å². The van der Waals surface area contributed by atoms with E-state index >= 15 is 0 Å². The zero-order valence-corrected chi connectivity index (χ0v) is 10.5. The number of nitrogen functional groups attached to an aromatic ring is 1. The van der Waals surface area contributed by atoms with Gasteiger partial charge >= 0.3 is 0 Å². The standard InChI is InChI=1S/C12H13ClN4O/c13-9-5-15-17(6-9)11-4-3-10(14)12(16-11)18-7-8-1-2-8/h3-6,8H,1-2,7,14H2. The van der Waals surface area contributed by atoms with Crippen LogP contribution in [0.3, 0.4) is 0 Å². The van der Waals surface area contributed by atoms with Crippen molar-refractivity contribution in [3.05, 3.63) is 29.5 Å². The van der Waals surface area contributed by atoms with Crippen LogP contribution in [0.4, 0.5) is 5.69 Å². The molecule has 2 aromatic rings. The molecule has 6 heteroatoms. The van der Waals surface area contributed by atoms with Gasteiger partial charge in [-0.15, -0.1) is 0 Å². The molecule has 2 heterocycles. The maximum atomic E-state index is 5.84. The summed E-state index contributed by atoms with van der Waals surface area (Å²) < 4.78 is 7.21. The first-order chi connectivity index (χ1) is 8.72. The van der Waals surface area contributed by atoms with E-state index < -0.39 is 0 Å². The predicted molar refractivity (Wildman–Crippen MR) is 69.0 cm³/mol. The van der Waals surface area contributed by atoms with E-state index in [9.17, 15) is 0 Å². The number of ether oxygens (including phenoxy) is 1.